The van der Waals surface area contributed by atoms with Gasteiger partial charge in [-0.05, 0) is 19.3 Å². The van der Waals surface area contributed by atoms with Gasteiger partial charge in [-0.3, -0.25) is 4.68 Å². The third kappa shape index (κ3) is 1.63. The fourth-order valence-electron chi connectivity index (χ4n) is 3.10. The lowest BCUT2D eigenvalue weighted by Gasteiger charge is -2.25. The average Bonchev–Trinajstić information content (AvgIpc) is 3.02. The van der Waals surface area contributed by atoms with Crippen LogP contribution < -0.4 is 10.6 Å². The minimum atomic E-state index is 0.303. The Morgan fingerprint density at radius 1 is 1.32 bits per heavy atom. The van der Waals surface area contributed by atoms with E-state index in [2.05, 4.69) is 26.6 Å². The van der Waals surface area contributed by atoms with Crippen LogP contribution in [-0.2, 0) is 13.5 Å². The average molecular weight is 258 g/mol. The van der Waals surface area contributed by atoms with Crippen molar-refractivity contribution in [3.05, 3.63) is 23.5 Å². The number of aromatic nitrogens is 4. The van der Waals surface area contributed by atoms with Crippen molar-refractivity contribution in [1.29, 1.82) is 0 Å². The molecule has 0 saturated carbocycles. The Labute approximate surface area is 111 Å². The molecule has 2 aromatic heterocycles. The molecule has 2 aliphatic heterocycles. The molecular weight excluding hydrogens is 240 g/mol. The molecule has 2 aromatic rings. The van der Waals surface area contributed by atoms with E-state index in [-0.39, 0.29) is 0 Å². The van der Waals surface area contributed by atoms with Gasteiger partial charge in [0.25, 0.3) is 0 Å². The summed E-state index contributed by atoms with van der Waals surface area (Å²) >= 11 is 0. The summed E-state index contributed by atoms with van der Waals surface area (Å²) in [4.78, 5) is 0. The van der Waals surface area contributed by atoms with E-state index in [1.165, 1.54) is 23.4 Å². The standard InChI is InChI=1S/C13H18N6/c1-18-8-9(7-16-18)11-4-6-15-13-10-3-2-5-14-12(10)17-19(11)13/h7-8,11,15H,2-6H2,1H3,(H,14,17). The molecule has 100 valence electrons. The highest BCUT2D eigenvalue weighted by molar-refractivity contribution is 5.61. The van der Waals surface area contributed by atoms with E-state index >= 15 is 0 Å². The van der Waals surface area contributed by atoms with Crippen LogP contribution in [0.5, 0.6) is 0 Å². The summed E-state index contributed by atoms with van der Waals surface area (Å²) in [5.41, 5.74) is 2.59. The largest absolute Gasteiger partial charge is 0.370 e. The first-order valence-corrected chi connectivity index (χ1v) is 6.90. The predicted octanol–water partition coefficient (Wildman–Crippen LogP) is 1.38. The van der Waals surface area contributed by atoms with Crippen LogP contribution in [0, 0.1) is 0 Å². The van der Waals surface area contributed by atoms with E-state index in [0.717, 1.165) is 31.7 Å². The van der Waals surface area contributed by atoms with Gasteiger partial charge in [-0.2, -0.15) is 10.2 Å². The predicted molar refractivity (Wildman–Crippen MR) is 73.5 cm³/mol. The van der Waals surface area contributed by atoms with Crippen molar-refractivity contribution in [3.8, 4) is 0 Å². The fraction of sp³-hybridized carbons (Fsp3) is 0.538. The van der Waals surface area contributed by atoms with Crippen molar-refractivity contribution in [3.63, 3.8) is 0 Å². The Balaban J connectivity index is 1.80. The van der Waals surface area contributed by atoms with Crippen LogP contribution in [0.4, 0.5) is 11.6 Å². The lowest BCUT2D eigenvalue weighted by molar-refractivity contribution is 0.482. The van der Waals surface area contributed by atoms with Crippen LogP contribution in [0.15, 0.2) is 12.4 Å². The van der Waals surface area contributed by atoms with Crippen LogP contribution in [-0.4, -0.2) is 32.7 Å². The second kappa shape index (κ2) is 4.01. The Bertz CT molecular complexity index is 611. The molecule has 0 fully saturated rings. The van der Waals surface area contributed by atoms with Gasteiger partial charge in [0.1, 0.15) is 5.82 Å². The summed E-state index contributed by atoms with van der Waals surface area (Å²) in [5.74, 6) is 2.26. The first-order valence-electron chi connectivity index (χ1n) is 6.90. The molecule has 4 heterocycles. The SMILES string of the molecule is Cn1cc(C2CCNc3c4c(nn32)NCCC4)cn1. The number of hydrogen-bond donors (Lipinski definition) is 2. The number of fused-ring (bicyclic) bond motifs is 3. The Morgan fingerprint density at radius 2 is 2.26 bits per heavy atom. The van der Waals surface area contributed by atoms with Crippen molar-refractivity contribution >= 4 is 11.6 Å². The Morgan fingerprint density at radius 3 is 3.11 bits per heavy atom. The maximum Gasteiger partial charge on any atom is 0.153 e. The molecule has 2 aliphatic rings. The quantitative estimate of drug-likeness (QED) is 0.811. The second-order valence-electron chi connectivity index (χ2n) is 5.33. The summed E-state index contributed by atoms with van der Waals surface area (Å²) in [5, 5.41) is 16.0. The normalized spacial score (nSPS) is 21.2. The molecule has 0 aromatic carbocycles. The van der Waals surface area contributed by atoms with Gasteiger partial charge < -0.3 is 10.6 Å². The monoisotopic (exact) mass is 258 g/mol. The van der Waals surface area contributed by atoms with Gasteiger partial charge >= 0.3 is 0 Å². The van der Waals surface area contributed by atoms with E-state index < -0.39 is 0 Å². The number of anilines is 2. The Kier molecular flexibility index (Phi) is 2.30. The number of nitrogens with zero attached hydrogens (tertiary/aromatic N) is 4. The molecule has 19 heavy (non-hydrogen) atoms. The first kappa shape index (κ1) is 10.9. The van der Waals surface area contributed by atoms with Gasteiger partial charge in [0.15, 0.2) is 5.82 Å². The lowest BCUT2D eigenvalue weighted by Crippen LogP contribution is -2.24. The topological polar surface area (TPSA) is 59.7 Å². The molecule has 4 rings (SSSR count). The highest BCUT2D eigenvalue weighted by Gasteiger charge is 2.29. The van der Waals surface area contributed by atoms with Crippen molar-refractivity contribution in [2.45, 2.75) is 25.3 Å². The molecule has 6 heteroatoms. The van der Waals surface area contributed by atoms with Crippen molar-refractivity contribution in [2.24, 2.45) is 7.05 Å². The van der Waals surface area contributed by atoms with E-state index in [0.29, 0.717) is 6.04 Å². The minimum Gasteiger partial charge on any atom is -0.370 e. The van der Waals surface area contributed by atoms with Crippen LogP contribution in [0.1, 0.15) is 30.0 Å². The zero-order valence-electron chi connectivity index (χ0n) is 11.1. The molecule has 0 spiro atoms. The maximum atomic E-state index is 4.76. The zero-order valence-corrected chi connectivity index (χ0v) is 11.1. The third-order valence-corrected chi connectivity index (χ3v) is 4.02. The van der Waals surface area contributed by atoms with Crippen LogP contribution in [0.25, 0.3) is 0 Å². The third-order valence-electron chi connectivity index (χ3n) is 4.02. The number of rotatable bonds is 1. The number of nitrogens with one attached hydrogen (secondary N) is 2. The second-order valence-corrected chi connectivity index (χ2v) is 5.33. The Hall–Kier alpha value is -1.98. The smallest absolute Gasteiger partial charge is 0.153 e. The molecular formula is C13H18N6. The maximum absolute atomic E-state index is 4.76. The molecule has 0 amide bonds. The number of aryl methyl sites for hydroxylation is 1. The summed E-state index contributed by atoms with van der Waals surface area (Å²) in [6.07, 6.45) is 7.40. The van der Waals surface area contributed by atoms with Gasteiger partial charge in [0, 0.05) is 37.5 Å². The van der Waals surface area contributed by atoms with Crippen LogP contribution in [0.2, 0.25) is 0 Å². The van der Waals surface area contributed by atoms with E-state index in [1.807, 2.05) is 17.9 Å². The highest BCUT2D eigenvalue weighted by atomic mass is 15.4. The molecule has 1 unspecified atom stereocenters. The number of hydrogen-bond acceptors (Lipinski definition) is 4. The summed E-state index contributed by atoms with van der Waals surface area (Å²) in [6.45, 7) is 2.03. The molecule has 0 radical (unpaired) electrons. The fourth-order valence-corrected chi connectivity index (χ4v) is 3.10. The molecule has 0 bridgehead atoms. The first-order chi connectivity index (χ1) is 9.33. The molecule has 6 nitrogen and oxygen atoms in total. The van der Waals surface area contributed by atoms with Gasteiger partial charge in [0.2, 0.25) is 0 Å². The van der Waals surface area contributed by atoms with Gasteiger partial charge in [0.05, 0.1) is 12.2 Å². The van der Waals surface area contributed by atoms with E-state index in [9.17, 15) is 0 Å². The van der Waals surface area contributed by atoms with Crippen molar-refractivity contribution < 1.29 is 0 Å². The highest BCUT2D eigenvalue weighted by Crippen LogP contribution is 2.36. The molecule has 0 aliphatic carbocycles. The zero-order chi connectivity index (χ0) is 12.8. The summed E-state index contributed by atoms with van der Waals surface area (Å²) in [7, 11) is 1.96. The van der Waals surface area contributed by atoms with Crippen LogP contribution in [0.3, 0.4) is 0 Å². The van der Waals surface area contributed by atoms with E-state index in [4.69, 9.17) is 5.10 Å². The summed E-state index contributed by atoms with van der Waals surface area (Å²) in [6, 6.07) is 0.303. The van der Waals surface area contributed by atoms with Crippen molar-refractivity contribution in [2.75, 3.05) is 23.7 Å². The van der Waals surface area contributed by atoms with E-state index in [1.54, 1.807) is 0 Å². The van der Waals surface area contributed by atoms with Gasteiger partial charge in [-0.1, -0.05) is 0 Å². The molecule has 0 saturated heterocycles. The molecule has 1 atom stereocenters. The van der Waals surface area contributed by atoms with Crippen molar-refractivity contribution in [1.82, 2.24) is 19.6 Å². The molecule has 2 N–H and O–H groups in total. The van der Waals surface area contributed by atoms with Gasteiger partial charge in [-0.15, -0.1) is 0 Å². The van der Waals surface area contributed by atoms with Gasteiger partial charge in [-0.25, -0.2) is 4.68 Å². The summed E-state index contributed by atoms with van der Waals surface area (Å²) < 4.78 is 4.00. The minimum absolute atomic E-state index is 0.303. The lowest BCUT2D eigenvalue weighted by atomic mass is 10.0. The van der Waals surface area contributed by atoms with Crippen LogP contribution >= 0.6 is 0 Å².